The molecule has 0 aromatic rings. The van der Waals surface area contributed by atoms with Gasteiger partial charge in [0.1, 0.15) is 0 Å². The maximum Gasteiger partial charge on any atom is 0.305 e. The molecule has 2 unspecified atom stereocenters. The Morgan fingerprint density at radius 1 is 1.19 bits per heavy atom. The summed E-state index contributed by atoms with van der Waals surface area (Å²) in [6.45, 7) is 2.82. The fourth-order valence-corrected chi connectivity index (χ4v) is 5.29. The first-order chi connectivity index (χ1) is 10.1. The molecule has 0 aromatic heterocycles. The van der Waals surface area contributed by atoms with Gasteiger partial charge in [-0.05, 0) is 68.6 Å². The van der Waals surface area contributed by atoms with Gasteiger partial charge in [-0.25, -0.2) is 0 Å². The second kappa shape index (κ2) is 5.98. The van der Waals surface area contributed by atoms with Crippen LogP contribution in [0.3, 0.4) is 0 Å². The smallest absolute Gasteiger partial charge is 0.305 e. The first kappa shape index (κ1) is 14.9. The fraction of sp³-hybridized carbons (Fsp3) is 0.882. The topological polar surface area (TPSA) is 55.4 Å². The zero-order valence-electron chi connectivity index (χ0n) is 13.0. The van der Waals surface area contributed by atoms with Crippen LogP contribution in [0.4, 0.5) is 0 Å². The van der Waals surface area contributed by atoms with E-state index in [2.05, 4.69) is 5.32 Å². The van der Waals surface area contributed by atoms with Gasteiger partial charge in [0.05, 0.1) is 6.61 Å². The van der Waals surface area contributed by atoms with Crippen molar-refractivity contribution in [1.29, 1.82) is 0 Å². The van der Waals surface area contributed by atoms with Crippen LogP contribution >= 0.6 is 0 Å². The molecule has 4 fully saturated rings. The largest absolute Gasteiger partial charge is 0.466 e. The minimum absolute atomic E-state index is 0.170. The molecule has 1 N–H and O–H groups in total. The number of esters is 1. The minimum Gasteiger partial charge on any atom is -0.466 e. The molecule has 118 valence electrons. The summed E-state index contributed by atoms with van der Waals surface area (Å²) in [6.07, 6.45) is 8.46. The zero-order valence-corrected chi connectivity index (χ0v) is 13.0. The lowest BCUT2D eigenvalue weighted by atomic mass is 9.67. The number of rotatable bonds is 7. The second-order valence-corrected chi connectivity index (χ2v) is 7.41. The molecule has 0 saturated heterocycles. The van der Waals surface area contributed by atoms with E-state index in [1.807, 2.05) is 6.92 Å². The Bertz CT molecular complexity index is 401. The molecule has 4 aliphatic rings. The normalized spacial score (nSPS) is 36.0. The van der Waals surface area contributed by atoms with Crippen molar-refractivity contribution in [1.82, 2.24) is 5.32 Å². The standard InChI is InChI=1S/C17H27NO3/c1-2-21-16(20)4-3-5-18-15(19)11-17-8-12-6-13(9-17)14(7-12)10-17/h12-14H,2-11H2,1H3,(H,18,19). The Hall–Kier alpha value is -1.06. The van der Waals surface area contributed by atoms with Crippen LogP contribution in [0, 0.1) is 23.2 Å². The molecule has 4 nitrogen and oxygen atoms in total. The average Bonchev–Trinajstić information content (AvgIpc) is 2.82. The third-order valence-corrected chi connectivity index (χ3v) is 5.77. The number of hydrogen-bond donors (Lipinski definition) is 1. The summed E-state index contributed by atoms with van der Waals surface area (Å²) in [5.41, 5.74) is 0.321. The molecule has 4 bridgehead atoms. The maximum absolute atomic E-state index is 12.2. The number of hydrogen-bond acceptors (Lipinski definition) is 3. The van der Waals surface area contributed by atoms with E-state index in [-0.39, 0.29) is 11.9 Å². The summed E-state index contributed by atoms with van der Waals surface area (Å²) in [7, 11) is 0. The Morgan fingerprint density at radius 2 is 1.90 bits per heavy atom. The number of nitrogens with one attached hydrogen (secondary N) is 1. The quantitative estimate of drug-likeness (QED) is 0.580. The molecule has 4 heteroatoms. The van der Waals surface area contributed by atoms with Crippen molar-refractivity contribution in [2.24, 2.45) is 23.2 Å². The van der Waals surface area contributed by atoms with Gasteiger partial charge in [0.2, 0.25) is 5.91 Å². The van der Waals surface area contributed by atoms with Gasteiger partial charge in [0.25, 0.3) is 0 Å². The molecule has 0 aliphatic heterocycles. The number of carbonyl (C=O) groups excluding carboxylic acids is 2. The lowest BCUT2D eigenvalue weighted by molar-refractivity contribution is -0.143. The van der Waals surface area contributed by atoms with E-state index >= 15 is 0 Å². The minimum atomic E-state index is -0.170. The van der Waals surface area contributed by atoms with Crippen molar-refractivity contribution < 1.29 is 14.3 Å². The summed E-state index contributed by atoms with van der Waals surface area (Å²) >= 11 is 0. The summed E-state index contributed by atoms with van der Waals surface area (Å²) in [5, 5.41) is 2.99. The van der Waals surface area contributed by atoms with Crippen molar-refractivity contribution in [3.8, 4) is 0 Å². The third-order valence-electron chi connectivity index (χ3n) is 5.77. The van der Waals surface area contributed by atoms with Crippen molar-refractivity contribution in [3.63, 3.8) is 0 Å². The lowest BCUT2D eigenvalue weighted by Crippen LogP contribution is -2.35. The van der Waals surface area contributed by atoms with Crippen molar-refractivity contribution in [2.45, 2.75) is 58.3 Å². The molecule has 0 spiro atoms. The highest BCUT2D eigenvalue weighted by atomic mass is 16.5. The van der Waals surface area contributed by atoms with Gasteiger partial charge in [-0.2, -0.15) is 0 Å². The van der Waals surface area contributed by atoms with E-state index in [1.165, 1.54) is 32.1 Å². The van der Waals surface area contributed by atoms with E-state index < -0.39 is 0 Å². The van der Waals surface area contributed by atoms with Gasteiger partial charge < -0.3 is 10.1 Å². The highest BCUT2D eigenvalue weighted by molar-refractivity contribution is 5.77. The van der Waals surface area contributed by atoms with Gasteiger partial charge in [0, 0.05) is 19.4 Å². The van der Waals surface area contributed by atoms with E-state index in [0.29, 0.717) is 37.8 Å². The van der Waals surface area contributed by atoms with Crippen LogP contribution < -0.4 is 5.32 Å². The highest BCUT2D eigenvalue weighted by Gasteiger charge is 2.56. The molecular weight excluding hydrogens is 266 g/mol. The maximum atomic E-state index is 12.2. The van der Waals surface area contributed by atoms with Gasteiger partial charge in [0.15, 0.2) is 0 Å². The molecule has 4 rings (SSSR count). The van der Waals surface area contributed by atoms with Gasteiger partial charge in [-0.3, -0.25) is 9.59 Å². The average molecular weight is 293 g/mol. The van der Waals surface area contributed by atoms with E-state index in [9.17, 15) is 9.59 Å². The number of amides is 1. The zero-order chi connectivity index (χ0) is 14.9. The summed E-state index contributed by atoms with van der Waals surface area (Å²) < 4.78 is 4.87. The highest BCUT2D eigenvalue weighted by Crippen LogP contribution is 2.65. The van der Waals surface area contributed by atoms with Crippen molar-refractivity contribution in [3.05, 3.63) is 0 Å². The van der Waals surface area contributed by atoms with Crippen LogP contribution in [-0.4, -0.2) is 25.0 Å². The second-order valence-electron chi connectivity index (χ2n) is 7.41. The van der Waals surface area contributed by atoms with Crippen molar-refractivity contribution in [2.75, 3.05) is 13.2 Å². The van der Waals surface area contributed by atoms with E-state index in [1.54, 1.807) is 0 Å². The number of ether oxygens (including phenoxy) is 1. The Labute approximate surface area is 127 Å². The van der Waals surface area contributed by atoms with Crippen LogP contribution in [0.15, 0.2) is 0 Å². The van der Waals surface area contributed by atoms with Crippen molar-refractivity contribution >= 4 is 11.9 Å². The molecule has 2 atom stereocenters. The van der Waals surface area contributed by atoms with Crippen LogP contribution in [0.1, 0.15) is 58.3 Å². The predicted molar refractivity (Wildman–Crippen MR) is 79.5 cm³/mol. The monoisotopic (exact) mass is 293 g/mol. The van der Waals surface area contributed by atoms with E-state index in [4.69, 9.17) is 4.74 Å². The first-order valence-electron chi connectivity index (χ1n) is 8.52. The fourth-order valence-electron chi connectivity index (χ4n) is 5.29. The van der Waals surface area contributed by atoms with Crippen LogP contribution in [-0.2, 0) is 14.3 Å². The SMILES string of the molecule is CCOC(=O)CCCNC(=O)CC12CC3CC(C1)C(C3)C2. The summed E-state index contributed by atoms with van der Waals surface area (Å²) in [6, 6.07) is 0. The molecule has 0 heterocycles. The summed E-state index contributed by atoms with van der Waals surface area (Å²) in [5.74, 6) is 2.75. The van der Waals surface area contributed by atoms with Crippen LogP contribution in [0.2, 0.25) is 0 Å². The van der Waals surface area contributed by atoms with Crippen LogP contribution in [0.25, 0.3) is 0 Å². The molecule has 0 radical (unpaired) electrons. The molecular formula is C17H27NO3. The van der Waals surface area contributed by atoms with E-state index in [0.717, 1.165) is 17.8 Å². The molecule has 1 amide bonds. The molecule has 4 saturated carbocycles. The van der Waals surface area contributed by atoms with Gasteiger partial charge in [-0.1, -0.05) is 0 Å². The first-order valence-corrected chi connectivity index (χ1v) is 8.52. The lowest BCUT2D eigenvalue weighted by Gasteiger charge is -2.37. The van der Waals surface area contributed by atoms with Crippen LogP contribution in [0.5, 0.6) is 0 Å². The molecule has 4 aliphatic carbocycles. The predicted octanol–water partition coefficient (Wildman–Crippen LogP) is 2.66. The molecule has 21 heavy (non-hydrogen) atoms. The third kappa shape index (κ3) is 3.24. The van der Waals surface area contributed by atoms with Gasteiger partial charge >= 0.3 is 5.97 Å². The Kier molecular flexibility index (Phi) is 4.23. The Balaban J connectivity index is 1.36. The number of carbonyl (C=O) groups is 2. The van der Waals surface area contributed by atoms with Gasteiger partial charge in [-0.15, -0.1) is 0 Å². The molecule has 0 aromatic carbocycles. The summed E-state index contributed by atoms with van der Waals surface area (Å²) in [4.78, 5) is 23.4. The Morgan fingerprint density at radius 3 is 2.52 bits per heavy atom.